The van der Waals surface area contributed by atoms with Gasteiger partial charge in [0, 0.05) is 24.8 Å². The van der Waals surface area contributed by atoms with E-state index in [-0.39, 0.29) is 41.7 Å². The van der Waals surface area contributed by atoms with E-state index in [1.807, 2.05) is 0 Å². The normalized spacial score (nSPS) is 13.8. The molecule has 1 aliphatic rings. The van der Waals surface area contributed by atoms with Crippen LogP contribution in [0.15, 0.2) is 48.5 Å². The third-order valence-corrected chi connectivity index (χ3v) is 4.24. The van der Waals surface area contributed by atoms with Crippen LogP contribution in [-0.2, 0) is 9.59 Å². The molecule has 132 valence electrons. The first-order valence-corrected chi connectivity index (χ1v) is 8.41. The van der Waals surface area contributed by atoms with Crippen molar-refractivity contribution < 1.29 is 19.2 Å². The number of Topliss-reactive ketones (excluding diaryl/α,β-unsaturated/α-hetero) is 1. The number of carbonyl (C=O) groups excluding carboxylic acids is 4. The molecule has 1 fully saturated rings. The Kier molecular flexibility index (Phi) is 4.93. The molecule has 3 rings (SSSR count). The number of anilines is 2. The van der Waals surface area contributed by atoms with E-state index in [0.29, 0.717) is 17.7 Å². The molecule has 0 bridgehead atoms. The highest BCUT2D eigenvalue weighted by atomic mass is 16.2. The molecule has 26 heavy (non-hydrogen) atoms. The monoisotopic (exact) mass is 350 g/mol. The molecule has 0 radical (unpaired) electrons. The summed E-state index contributed by atoms with van der Waals surface area (Å²) in [7, 11) is 0. The van der Waals surface area contributed by atoms with Crippen molar-refractivity contribution in [2.24, 2.45) is 0 Å². The van der Waals surface area contributed by atoms with E-state index in [9.17, 15) is 19.2 Å². The second-order valence-electron chi connectivity index (χ2n) is 5.92. The van der Waals surface area contributed by atoms with Crippen molar-refractivity contribution in [3.8, 4) is 0 Å². The minimum Gasteiger partial charge on any atom is -0.321 e. The highest BCUT2D eigenvalue weighted by molar-refractivity contribution is 6.23. The van der Waals surface area contributed by atoms with Crippen LogP contribution in [0.3, 0.4) is 0 Å². The number of rotatable bonds is 5. The van der Waals surface area contributed by atoms with Gasteiger partial charge in [-0.05, 0) is 24.3 Å². The zero-order valence-electron chi connectivity index (χ0n) is 14.3. The first kappa shape index (κ1) is 17.5. The number of ketones is 1. The maximum Gasteiger partial charge on any atom is 0.257 e. The van der Waals surface area contributed by atoms with E-state index in [1.165, 1.54) is 0 Å². The van der Waals surface area contributed by atoms with Gasteiger partial charge in [-0.1, -0.05) is 31.2 Å². The molecule has 1 N–H and O–H groups in total. The highest BCUT2D eigenvalue weighted by Crippen LogP contribution is 2.27. The molecule has 0 unspecified atom stereocenters. The van der Waals surface area contributed by atoms with E-state index in [4.69, 9.17) is 0 Å². The van der Waals surface area contributed by atoms with E-state index in [0.717, 1.165) is 4.90 Å². The van der Waals surface area contributed by atoms with E-state index < -0.39 is 5.91 Å². The Morgan fingerprint density at radius 1 is 0.923 bits per heavy atom. The second-order valence-corrected chi connectivity index (χ2v) is 5.92. The van der Waals surface area contributed by atoms with E-state index in [2.05, 4.69) is 5.32 Å². The topological polar surface area (TPSA) is 83.6 Å². The summed E-state index contributed by atoms with van der Waals surface area (Å²) in [5.41, 5.74) is 1.29. The molecule has 0 spiro atoms. The van der Waals surface area contributed by atoms with E-state index in [1.54, 1.807) is 55.5 Å². The van der Waals surface area contributed by atoms with Gasteiger partial charge >= 0.3 is 0 Å². The summed E-state index contributed by atoms with van der Waals surface area (Å²) in [6.45, 7) is 1.75. The lowest BCUT2D eigenvalue weighted by Gasteiger charge is -2.18. The molecular formula is C20H18N2O4. The number of amides is 3. The van der Waals surface area contributed by atoms with Gasteiger partial charge in [0.05, 0.1) is 16.9 Å². The third-order valence-electron chi connectivity index (χ3n) is 4.24. The Morgan fingerprint density at radius 2 is 1.50 bits per heavy atom. The molecule has 0 atom stereocenters. The molecule has 2 aromatic carbocycles. The average molecular weight is 350 g/mol. The van der Waals surface area contributed by atoms with Crippen LogP contribution in [-0.4, -0.2) is 23.5 Å². The largest absolute Gasteiger partial charge is 0.321 e. The van der Waals surface area contributed by atoms with Crippen LogP contribution in [0.2, 0.25) is 0 Å². The summed E-state index contributed by atoms with van der Waals surface area (Å²) in [6.07, 6.45) is 0.603. The number of nitrogens with one attached hydrogen (secondary N) is 1. The number of para-hydroxylation sites is 2. The van der Waals surface area contributed by atoms with Crippen LogP contribution in [0.1, 0.15) is 46.9 Å². The van der Waals surface area contributed by atoms with Crippen LogP contribution in [0, 0.1) is 0 Å². The van der Waals surface area contributed by atoms with Gasteiger partial charge < -0.3 is 5.32 Å². The number of carbonyl (C=O) groups is 4. The Hall–Kier alpha value is -3.28. The second kappa shape index (κ2) is 7.31. The van der Waals surface area contributed by atoms with Crippen LogP contribution in [0.5, 0.6) is 0 Å². The fraction of sp³-hybridized carbons (Fsp3) is 0.200. The number of imide groups is 1. The molecule has 6 heteroatoms. The van der Waals surface area contributed by atoms with E-state index >= 15 is 0 Å². The summed E-state index contributed by atoms with van der Waals surface area (Å²) in [5.74, 6) is -1.21. The highest BCUT2D eigenvalue weighted by Gasteiger charge is 2.32. The van der Waals surface area contributed by atoms with Gasteiger partial charge in [0.15, 0.2) is 5.78 Å². The van der Waals surface area contributed by atoms with Crippen molar-refractivity contribution in [1.29, 1.82) is 0 Å². The van der Waals surface area contributed by atoms with Gasteiger partial charge in [-0.2, -0.15) is 0 Å². The molecule has 2 aromatic rings. The number of hydrogen-bond donors (Lipinski definition) is 1. The van der Waals surface area contributed by atoms with Gasteiger partial charge in [0.1, 0.15) is 0 Å². The van der Waals surface area contributed by atoms with Crippen LogP contribution in [0.25, 0.3) is 0 Å². The quantitative estimate of drug-likeness (QED) is 0.663. The smallest absolute Gasteiger partial charge is 0.257 e. The van der Waals surface area contributed by atoms with Crippen LogP contribution in [0.4, 0.5) is 11.4 Å². The molecule has 3 amide bonds. The van der Waals surface area contributed by atoms with Crippen molar-refractivity contribution in [3.05, 3.63) is 59.7 Å². The predicted molar refractivity (Wildman–Crippen MR) is 97.2 cm³/mol. The Balaban J connectivity index is 1.94. The third kappa shape index (κ3) is 3.26. The van der Waals surface area contributed by atoms with Gasteiger partial charge in [-0.15, -0.1) is 0 Å². The fourth-order valence-electron chi connectivity index (χ4n) is 2.92. The Labute approximate surface area is 150 Å². The SMILES string of the molecule is CCC(=O)c1ccccc1NC(=O)c1ccccc1N1C(=O)CCC1=O. The predicted octanol–water partition coefficient (Wildman–Crippen LogP) is 3.19. The number of nitrogens with zero attached hydrogens (tertiary/aromatic N) is 1. The molecule has 1 saturated heterocycles. The number of hydrogen-bond acceptors (Lipinski definition) is 4. The van der Waals surface area contributed by atoms with Gasteiger partial charge in [-0.3, -0.25) is 19.2 Å². The molecule has 0 aliphatic carbocycles. The standard InChI is InChI=1S/C20H18N2O4/c1-2-17(23)13-7-3-5-9-15(13)21-20(26)14-8-4-6-10-16(14)22-18(24)11-12-19(22)25/h3-10H,2,11-12H2,1H3,(H,21,26). The average Bonchev–Trinajstić information content (AvgIpc) is 2.99. The van der Waals surface area contributed by atoms with Crippen molar-refractivity contribution in [1.82, 2.24) is 0 Å². The number of benzene rings is 2. The Bertz CT molecular complexity index is 888. The summed E-state index contributed by atoms with van der Waals surface area (Å²) in [6, 6.07) is 13.2. The lowest BCUT2D eigenvalue weighted by Crippen LogP contribution is -2.31. The van der Waals surface area contributed by atoms with Gasteiger partial charge in [0.25, 0.3) is 5.91 Å². The lowest BCUT2D eigenvalue weighted by atomic mass is 10.1. The van der Waals surface area contributed by atoms with Crippen LogP contribution < -0.4 is 10.2 Å². The first-order valence-electron chi connectivity index (χ1n) is 8.41. The molecule has 0 saturated carbocycles. The van der Waals surface area contributed by atoms with Gasteiger partial charge in [0.2, 0.25) is 11.8 Å². The molecule has 6 nitrogen and oxygen atoms in total. The molecular weight excluding hydrogens is 332 g/mol. The molecule has 1 heterocycles. The van der Waals surface area contributed by atoms with Gasteiger partial charge in [-0.25, -0.2) is 4.90 Å². The molecule has 1 aliphatic heterocycles. The molecule has 0 aromatic heterocycles. The van der Waals surface area contributed by atoms with Crippen molar-refractivity contribution in [3.63, 3.8) is 0 Å². The first-order chi connectivity index (χ1) is 12.5. The summed E-state index contributed by atoms with van der Waals surface area (Å²) < 4.78 is 0. The lowest BCUT2D eigenvalue weighted by molar-refractivity contribution is -0.121. The zero-order valence-corrected chi connectivity index (χ0v) is 14.3. The minimum atomic E-state index is -0.482. The fourth-order valence-corrected chi connectivity index (χ4v) is 2.92. The minimum absolute atomic E-state index is 0.0842. The van der Waals surface area contributed by atoms with Crippen molar-refractivity contribution >= 4 is 34.9 Å². The maximum atomic E-state index is 12.8. The zero-order chi connectivity index (χ0) is 18.7. The maximum absolute atomic E-state index is 12.8. The Morgan fingerprint density at radius 3 is 2.15 bits per heavy atom. The van der Waals surface area contributed by atoms with Crippen LogP contribution >= 0.6 is 0 Å². The van der Waals surface area contributed by atoms with Crippen molar-refractivity contribution in [2.45, 2.75) is 26.2 Å². The van der Waals surface area contributed by atoms with Crippen molar-refractivity contribution in [2.75, 3.05) is 10.2 Å². The summed E-state index contributed by atoms with van der Waals surface area (Å²) in [4.78, 5) is 50.0. The summed E-state index contributed by atoms with van der Waals surface area (Å²) in [5, 5.41) is 2.73. The summed E-state index contributed by atoms with van der Waals surface area (Å²) >= 11 is 0.